The van der Waals surface area contributed by atoms with Crippen LogP contribution in [0.1, 0.15) is 30.4 Å². The summed E-state index contributed by atoms with van der Waals surface area (Å²) in [6.07, 6.45) is 1.62. The highest BCUT2D eigenvalue weighted by Crippen LogP contribution is 2.33. The van der Waals surface area contributed by atoms with Crippen LogP contribution >= 0.6 is 11.8 Å². The first-order valence-corrected chi connectivity index (χ1v) is 6.60. The summed E-state index contributed by atoms with van der Waals surface area (Å²) >= 11 is 1.48. The van der Waals surface area contributed by atoms with E-state index in [1.165, 1.54) is 16.7 Å². The maximum atomic E-state index is 12.2. The summed E-state index contributed by atoms with van der Waals surface area (Å²) in [6, 6.07) is -0.822. The molecule has 9 heteroatoms. The molecule has 1 saturated heterocycles. The molecular formula is C9H13N5O3S. The normalized spacial score (nSPS) is 23.3. The Morgan fingerprint density at radius 1 is 1.61 bits per heavy atom. The van der Waals surface area contributed by atoms with Gasteiger partial charge in [-0.15, -0.1) is 22.0 Å². The molecule has 2 N–H and O–H groups in total. The van der Waals surface area contributed by atoms with E-state index >= 15 is 0 Å². The summed E-state index contributed by atoms with van der Waals surface area (Å²) in [5, 5.41) is 21.7. The SMILES string of the molecule is CCCC1SCC(C(=O)O)N1C(=O)c1nn[nH]n1. The monoisotopic (exact) mass is 271 g/mol. The molecule has 1 fully saturated rings. The van der Waals surface area contributed by atoms with Crippen molar-refractivity contribution in [1.29, 1.82) is 0 Å². The predicted octanol–water partition coefficient (Wildman–Crippen LogP) is -0.0319. The molecule has 1 aromatic rings. The number of amides is 1. The van der Waals surface area contributed by atoms with Gasteiger partial charge in [0.15, 0.2) is 0 Å². The van der Waals surface area contributed by atoms with E-state index < -0.39 is 17.9 Å². The van der Waals surface area contributed by atoms with E-state index in [-0.39, 0.29) is 11.2 Å². The second-order valence-corrected chi connectivity index (χ2v) is 5.09. The summed E-state index contributed by atoms with van der Waals surface area (Å²) < 4.78 is 0. The Bertz CT molecular complexity index is 437. The van der Waals surface area contributed by atoms with E-state index in [4.69, 9.17) is 5.11 Å². The fraction of sp³-hybridized carbons (Fsp3) is 0.667. The summed E-state index contributed by atoms with van der Waals surface area (Å²) in [5.41, 5.74) is 0. The molecule has 2 unspecified atom stereocenters. The number of nitrogens with zero attached hydrogens (tertiary/aromatic N) is 4. The number of carbonyl (C=O) groups excluding carboxylic acids is 1. The summed E-state index contributed by atoms with van der Waals surface area (Å²) in [4.78, 5) is 24.7. The minimum atomic E-state index is -1.00. The molecule has 0 saturated carbocycles. The van der Waals surface area contributed by atoms with Crippen molar-refractivity contribution < 1.29 is 14.7 Å². The lowest BCUT2D eigenvalue weighted by atomic mass is 10.2. The van der Waals surface area contributed by atoms with Crippen molar-refractivity contribution in [3.8, 4) is 0 Å². The summed E-state index contributed by atoms with van der Waals surface area (Å²) in [7, 11) is 0. The molecule has 1 aliphatic heterocycles. The average molecular weight is 271 g/mol. The third-order valence-corrected chi connectivity index (χ3v) is 4.04. The Labute approximate surface area is 107 Å². The number of tetrazole rings is 1. The molecule has 8 nitrogen and oxygen atoms in total. The highest BCUT2D eigenvalue weighted by atomic mass is 32.2. The number of hydrogen-bond acceptors (Lipinski definition) is 6. The molecule has 0 aromatic carbocycles. The Morgan fingerprint density at radius 2 is 2.39 bits per heavy atom. The lowest BCUT2D eigenvalue weighted by Crippen LogP contribution is -2.46. The molecule has 0 spiro atoms. The number of carboxylic acids is 1. The second kappa shape index (κ2) is 5.34. The smallest absolute Gasteiger partial charge is 0.327 e. The predicted molar refractivity (Wildman–Crippen MR) is 62.9 cm³/mol. The van der Waals surface area contributed by atoms with Crippen molar-refractivity contribution in [3.63, 3.8) is 0 Å². The van der Waals surface area contributed by atoms with Crippen LogP contribution in [0.3, 0.4) is 0 Å². The summed E-state index contributed by atoms with van der Waals surface area (Å²) in [5.74, 6) is -1.19. The van der Waals surface area contributed by atoms with Gasteiger partial charge in [0.05, 0.1) is 5.37 Å². The number of nitrogens with one attached hydrogen (secondary N) is 1. The Hall–Kier alpha value is -1.64. The molecule has 2 atom stereocenters. The van der Waals surface area contributed by atoms with Gasteiger partial charge in [-0.2, -0.15) is 5.21 Å². The third-order valence-electron chi connectivity index (χ3n) is 2.68. The lowest BCUT2D eigenvalue weighted by Gasteiger charge is -2.25. The zero-order valence-electron chi connectivity index (χ0n) is 9.74. The fourth-order valence-electron chi connectivity index (χ4n) is 1.86. The quantitative estimate of drug-likeness (QED) is 0.790. The van der Waals surface area contributed by atoms with Crippen LogP contribution in [0.25, 0.3) is 0 Å². The Morgan fingerprint density at radius 3 is 2.94 bits per heavy atom. The van der Waals surface area contributed by atoms with Crippen LogP contribution in [-0.2, 0) is 4.79 Å². The first-order valence-electron chi connectivity index (χ1n) is 5.55. The van der Waals surface area contributed by atoms with Gasteiger partial charge in [-0.25, -0.2) is 4.79 Å². The van der Waals surface area contributed by atoms with Gasteiger partial charge < -0.3 is 10.0 Å². The van der Waals surface area contributed by atoms with Crippen LogP contribution < -0.4 is 0 Å². The number of H-pyrrole nitrogens is 1. The van der Waals surface area contributed by atoms with Gasteiger partial charge in [0, 0.05) is 5.75 Å². The van der Waals surface area contributed by atoms with Crippen molar-refractivity contribution in [2.24, 2.45) is 0 Å². The van der Waals surface area contributed by atoms with Gasteiger partial charge in [-0.3, -0.25) is 4.79 Å². The van der Waals surface area contributed by atoms with E-state index in [9.17, 15) is 9.59 Å². The average Bonchev–Trinajstić information content (AvgIpc) is 2.97. The van der Waals surface area contributed by atoms with E-state index in [2.05, 4.69) is 20.6 Å². The molecule has 1 aliphatic rings. The lowest BCUT2D eigenvalue weighted by molar-refractivity contribution is -0.141. The van der Waals surface area contributed by atoms with Gasteiger partial charge in [-0.05, 0) is 11.6 Å². The topological polar surface area (TPSA) is 112 Å². The molecule has 1 aromatic heterocycles. The van der Waals surface area contributed by atoms with Gasteiger partial charge in [0.1, 0.15) is 6.04 Å². The zero-order chi connectivity index (χ0) is 13.1. The Balaban J connectivity index is 2.23. The minimum absolute atomic E-state index is 0.0927. The molecule has 98 valence electrons. The molecule has 0 aliphatic carbocycles. The molecule has 0 radical (unpaired) electrons. The maximum Gasteiger partial charge on any atom is 0.327 e. The molecule has 2 heterocycles. The van der Waals surface area contributed by atoms with Crippen molar-refractivity contribution >= 4 is 23.6 Å². The highest BCUT2D eigenvalue weighted by Gasteiger charge is 2.42. The number of carboxylic acid groups (broad SMARTS) is 1. The van der Waals surface area contributed by atoms with Crippen LogP contribution in [-0.4, -0.2) is 59.7 Å². The third kappa shape index (κ3) is 2.30. The molecule has 2 rings (SSSR count). The zero-order valence-corrected chi connectivity index (χ0v) is 10.6. The summed E-state index contributed by atoms with van der Waals surface area (Å²) in [6.45, 7) is 1.99. The van der Waals surface area contributed by atoms with Crippen LogP contribution in [0, 0.1) is 0 Å². The Kier molecular flexibility index (Phi) is 3.80. The first-order chi connectivity index (χ1) is 8.65. The molecular weight excluding hydrogens is 258 g/mol. The second-order valence-electron chi connectivity index (χ2n) is 3.88. The van der Waals surface area contributed by atoms with Crippen molar-refractivity contribution in [2.45, 2.75) is 31.2 Å². The van der Waals surface area contributed by atoms with Crippen molar-refractivity contribution in [2.75, 3.05) is 5.75 Å². The van der Waals surface area contributed by atoms with Crippen LogP contribution in [0.2, 0.25) is 0 Å². The maximum absolute atomic E-state index is 12.2. The number of aromatic nitrogens is 4. The van der Waals surface area contributed by atoms with Crippen molar-refractivity contribution in [3.05, 3.63) is 5.82 Å². The number of aromatic amines is 1. The number of hydrogen-bond donors (Lipinski definition) is 2. The van der Waals surface area contributed by atoms with Crippen LogP contribution in [0.5, 0.6) is 0 Å². The van der Waals surface area contributed by atoms with Gasteiger partial charge in [0.2, 0.25) is 0 Å². The van der Waals surface area contributed by atoms with E-state index in [0.717, 1.165) is 12.8 Å². The highest BCUT2D eigenvalue weighted by molar-refractivity contribution is 8.00. The van der Waals surface area contributed by atoms with E-state index in [1.54, 1.807) is 0 Å². The van der Waals surface area contributed by atoms with Gasteiger partial charge >= 0.3 is 5.97 Å². The van der Waals surface area contributed by atoms with Crippen molar-refractivity contribution in [1.82, 2.24) is 25.5 Å². The van der Waals surface area contributed by atoms with E-state index in [0.29, 0.717) is 5.75 Å². The fourth-order valence-corrected chi connectivity index (χ4v) is 3.38. The largest absolute Gasteiger partial charge is 0.480 e. The number of aliphatic carboxylic acids is 1. The van der Waals surface area contributed by atoms with Crippen LogP contribution in [0.4, 0.5) is 0 Å². The number of thioether (sulfide) groups is 1. The first kappa shape index (κ1) is 12.8. The number of rotatable bonds is 4. The standard InChI is InChI=1S/C9H13N5O3S/c1-2-3-6-14(5(4-18-6)9(16)17)8(15)7-10-12-13-11-7/h5-6H,2-4H2,1H3,(H,16,17)(H,10,11,12,13). The molecule has 18 heavy (non-hydrogen) atoms. The number of carbonyl (C=O) groups is 2. The van der Waals surface area contributed by atoms with Crippen LogP contribution in [0.15, 0.2) is 0 Å². The molecule has 1 amide bonds. The minimum Gasteiger partial charge on any atom is -0.480 e. The van der Waals surface area contributed by atoms with Gasteiger partial charge in [0.25, 0.3) is 11.7 Å². The van der Waals surface area contributed by atoms with E-state index in [1.807, 2.05) is 6.92 Å². The molecule has 0 bridgehead atoms. The van der Waals surface area contributed by atoms with Gasteiger partial charge in [-0.1, -0.05) is 13.3 Å².